The molecule has 0 aliphatic carbocycles. The highest BCUT2D eigenvalue weighted by molar-refractivity contribution is 7.87. The van der Waals surface area contributed by atoms with Crippen molar-refractivity contribution in [3.8, 4) is 0 Å². The number of hydrogen-bond donors (Lipinski definition) is 1. The van der Waals surface area contributed by atoms with Crippen LogP contribution in [-0.2, 0) is 32.8 Å². The van der Waals surface area contributed by atoms with Crippen molar-refractivity contribution in [1.29, 1.82) is 0 Å². The standard InChI is InChI=1S/C14H25N5O4S/c1-10-7-18(8-11(2)23-10)24(20,21)17-12-5-4-6-19-14(12)15-13(16-19)9-22-3/h10-12,17H,4-9H2,1-3H3. The molecule has 2 aliphatic rings. The number of hydrogen-bond acceptors (Lipinski definition) is 6. The van der Waals surface area contributed by atoms with Gasteiger partial charge in [0, 0.05) is 26.7 Å². The molecule has 0 spiro atoms. The number of ether oxygens (including phenoxy) is 2. The summed E-state index contributed by atoms with van der Waals surface area (Å²) in [5.41, 5.74) is 0. The number of aromatic nitrogens is 3. The fraction of sp³-hybridized carbons (Fsp3) is 0.857. The minimum Gasteiger partial charge on any atom is -0.377 e. The minimum atomic E-state index is -3.60. The van der Waals surface area contributed by atoms with Crippen LogP contribution >= 0.6 is 0 Å². The van der Waals surface area contributed by atoms with E-state index in [0.717, 1.165) is 13.0 Å². The minimum absolute atomic E-state index is 0.117. The first-order chi connectivity index (χ1) is 11.4. The molecule has 0 radical (unpaired) electrons. The Kier molecular flexibility index (Phi) is 5.21. The SMILES string of the molecule is COCc1nc2n(n1)CCCC2NS(=O)(=O)N1CC(C)OC(C)C1. The van der Waals surface area contributed by atoms with E-state index in [9.17, 15) is 8.42 Å². The Bertz CT molecular complexity index is 667. The maximum absolute atomic E-state index is 12.8. The number of fused-ring (bicyclic) bond motifs is 1. The largest absolute Gasteiger partial charge is 0.377 e. The quantitative estimate of drug-likeness (QED) is 0.807. The van der Waals surface area contributed by atoms with Gasteiger partial charge in [-0.1, -0.05) is 0 Å². The van der Waals surface area contributed by atoms with Gasteiger partial charge in [0.1, 0.15) is 12.4 Å². The maximum Gasteiger partial charge on any atom is 0.280 e. The van der Waals surface area contributed by atoms with Gasteiger partial charge >= 0.3 is 0 Å². The van der Waals surface area contributed by atoms with E-state index in [1.54, 1.807) is 11.8 Å². The first kappa shape index (κ1) is 17.7. The van der Waals surface area contributed by atoms with Crippen molar-refractivity contribution in [2.45, 2.75) is 58.1 Å². The van der Waals surface area contributed by atoms with E-state index in [1.165, 1.54) is 4.31 Å². The molecule has 10 heteroatoms. The molecular formula is C14H25N5O4S. The summed E-state index contributed by atoms with van der Waals surface area (Å²) in [6, 6.07) is -0.365. The van der Waals surface area contributed by atoms with Gasteiger partial charge in [-0.05, 0) is 26.7 Å². The Hall–Kier alpha value is -1.07. The molecule has 0 saturated carbocycles. The van der Waals surface area contributed by atoms with Crippen LogP contribution < -0.4 is 4.72 Å². The van der Waals surface area contributed by atoms with Crippen LogP contribution in [0, 0.1) is 0 Å². The molecule has 136 valence electrons. The molecule has 1 saturated heterocycles. The smallest absolute Gasteiger partial charge is 0.280 e. The predicted octanol–water partition coefficient (Wildman–Crippen LogP) is 0.203. The number of methoxy groups -OCH3 is 1. The van der Waals surface area contributed by atoms with Gasteiger partial charge in [0.15, 0.2) is 5.82 Å². The summed E-state index contributed by atoms with van der Waals surface area (Å²) in [6.07, 6.45) is 1.33. The Morgan fingerprint density at radius 3 is 2.71 bits per heavy atom. The van der Waals surface area contributed by atoms with Crippen molar-refractivity contribution < 1.29 is 17.9 Å². The van der Waals surface area contributed by atoms with Gasteiger partial charge in [0.25, 0.3) is 10.2 Å². The van der Waals surface area contributed by atoms with Gasteiger partial charge in [-0.2, -0.15) is 22.5 Å². The first-order valence-corrected chi connectivity index (χ1v) is 9.68. The lowest BCUT2D eigenvalue weighted by molar-refractivity contribution is -0.0445. The van der Waals surface area contributed by atoms with Crippen LogP contribution in [0.15, 0.2) is 0 Å². The van der Waals surface area contributed by atoms with E-state index < -0.39 is 10.2 Å². The fourth-order valence-electron chi connectivity index (χ4n) is 3.28. The van der Waals surface area contributed by atoms with E-state index in [-0.39, 0.29) is 18.2 Å². The van der Waals surface area contributed by atoms with E-state index in [4.69, 9.17) is 9.47 Å². The fourth-order valence-corrected chi connectivity index (χ4v) is 4.83. The van der Waals surface area contributed by atoms with Crippen LogP contribution in [0.2, 0.25) is 0 Å². The van der Waals surface area contributed by atoms with Crippen molar-refractivity contribution in [1.82, 2.24) is 23.8 Å². The van der Waals surface area contributed by atoms with Crippen molar-refractivity contribution in [2.24, 2.45) is 0 Å². The van der Waals surface area contributed by atoms with Gasteiger partial charge in [0.2, 0.25) is 0 Å². The summed E-state index contributed by atoms with van der Waals surface area (Å²) < 4.78 is 42.2. The Labute approximate surface area is 142 Å². The van der Waals surface area contributed by atoms with Gasteiger partial charge < -0.3 is 9.47 Å². The topological polar surface area (TPSA) is 98.6 Å². The molecule has 24 heavy (non-hydrogen) atoms. The van der Waals surface area contributed by atoms with Gasteiger partial charge in [-0.15, -0.1) is 0 Å². The Balaban J connectivity index is 1.76. The summed E-state index contributed by atoms with van der Waals surface area (Å²) in [6.45, 7) is 5.54. The molecule has 3 heterocycles. The Morgan fingerprint density at radius 2 is 2.04 bits per heavy atom. The monoisotopic (exact) mass is 359 g/mol. The summed E-state index contributed by atoms with van der Waals surface area (Å²) >= 11 is 0. The average Bonchev–Trinajstić information content (AvgIpc) is 2.90. The molecular weight excluding hydrogens is 334 g/mol. The second-order valence-corrected chi connectivity index (χ2v) is 8.14. The third-order valence-electron chi connectivity index (χ3n) is 4.21. The van der Waals surface area contributed by atoms with Crippen molar-refractivity contribution in [3.05, 3.63) is 11.6 Å². The lowest BCUT2D eigenvalue weighted by Gasteiger charge is -2.35. The molecule has 3 atom stereocenters. The van der Waals surface area contributed by atoms with Gasteiger partial charge in [-0.25, -0.2) is 9.67 Å². The van der Waals surface area contributed by atoms with Gasteiger partial charge in [0.05, 0.1) is 18.2 Å². The maximum atomic E-state index is 12.8. The third kappa shape index (κ3) is 3.77. The first-order valence-electron chi connectivity index (χ1n) is 8.24. The van der Waals surface area contributed by atoms with E-state index in [0.29, 0.717) is 37.8 Å². The summed E-state index contributed by atoms with van der Waals surface area (Å²) in [5, 5.41) is 4.37. The van der Waals surface area contributed by atoms with Crippen LogP contribution in [-0.4, -0.2) is 59.9 Å². The zero-order chi connectivity index (χ0) is 17.3. The number of nitrogens with zero attached hydrogens (tertiary/aromatic N) is 4. The molecule has 1 N–H and O–H groups in total. The lowest BCUT2D eigenvalue weighted by atomic mass is 10.1. The molecule has 1 fully saturated rings. The second kappa shape index (κ2) is 7.04. The highest BCUT2D eigenvalue weighted by Crippen LogP contribution is 2.25. The van der Waals surface area contributed by atoms with E-state index >= 15 is 0 Å². The summed E-state index contributed by atoms with van der Waals surface area (Å²) in [5.74, 6) is 1.23. The molecule has 0 amide bonds. The van der Waals surface area contributed by atoms with Gasteiger partial charge in [-0.3, -0.25) is 0 Å². The molecule has 0 aromatic carbocycles. The zero-order valence-electron chi connectivity index (χ0n) is 14.3. The third-order valence-corrected chi connectivity index (χ3v) is 5.77. The highest BCUT2D eigenvalue weighted by Gasteiger charge is 2.35. The number of nitrogens with one attached hydrogen (secondary N) is 1. The van der Waals surface area contributed by atoms with Crippen LogP contribution in [0.4, 0.5) is 0 Å². The molecule has 1 aromatic rings. The van der Waals surface area contributed by atoms with E-state index in [2.05, 4.69) is 14.8 Å². The van der Waals surface area contributed by atoms with Crippen LogP contribution in [0.25, 0.3) is 0 Å². The van der Waals surface area contributed by atoms with Crippen LogP contribution in [0.1, 0.15) is 44.4 Å². The molecule has 2 aliphatic heterocycles. The second-order valence-electron chi connectivity index (χ2n) is 6.43. The van der Waals surface area contributed by atoms with Crippen LogP contribution in [0.3, 0.4) is 0 Å². The average molecular weight is 359 g/mol. The Morgan fingerprint density at radius 1 is 1.33 bits per heavy atom. The normalized spacial score (nSPS) is 28.7. The van der Waals surface area contributed by atoms with Crippen molar-refractivity contribution >= 4 is 10.2 Å². The number of morpholine rings is 1. The summed E-state index contributed by atoms with van der Waals surface area (Å²) in [4.78, 5) is 4.44. The molecule has 9 nitrogen and oxygen atoms in total. The number of rotatable bonds is 5. The van der Waals surface area contributed by atoms with E-state index in [1.807, 2.05) is 13.8 Å². The molecule has 0 bridgehead atoms. The molecule has 3 rings (SSSR count). The van der Waals surface area contributed by atoms with Crippen LogP contribution in [0.5, 0.6) is 0 Å². The summed E-state index contributed by atoms with van der Waals surface area (Å²) in [7, 11) is -2.02. The number of aryl methyl sites for hydroxylation is 1. The lowest BCUT2D eigenvalue weighted by Crippen LogP contribution is -2.52. The van der Waals surface area contributed by atoms with Crippen molar-refractivity contribution in [3.63, 3.8) is 0 Å². The zero-order valence-corrected chi connectivity index (χ0v) is 15.1. The molecule has 1 aromatic heterocycles. The molecule has 3 unspecified atom stereocenters. The highest BCUT2D eigenvalue weighted by atomic mass is 32.2. The predicted molar refractivity (Wildman–Crippen MR) is 86.3 cm³/mol. The van der Waals surface area contributed by atoms with Crippen molar-refractivity contribution in [2.75, 3.05) is 20.2 Å².